The third kappa shape index (κ3) is 5.75. The molecule has 7 nitrogen and oxygen atoms in total. The lowest BCUT2D eigenvalue weighted by Crippen LogP contribution is -2.49. The molecule has 0 bridgehead atoms. The van der Waals surface area contributed by atoms with Crippen molar-refractivity contribution in [2.45, 2.75) is 38.3 Å². The van der Waals surface area contributed by atoms with E-state index in [0.29, 0.717) is 26.3 Å². The number of fused-ring (bicyclic) bond motifs is 1. The second-order valence-electron chi connectivity index (χ2n) is 8.57. The SMILES string of the molecule is COCC(=O)N(CC(=O)N1CCc2sccc2[C@H]1COc1ccccc1C)C[C@@H]1CCCO1. The third-order valence-corrected chi connectivity index (χ3v) is 7.30. The quantitative estimate of drug-likeness (QED) is 0.561. The van der Waals surface area contributed by atoms with Crippen LogP contribution in [0.4, 0.5) is 0 Å². The largest absolute Gasteiger partial charge is 0.491 e. The summed E-state index contributed by atoms with van der Waals surface area (Å²) in [7, 11) is 1.49. The van der Waals surface area contributed by atoms with Crippen LogP contribution in [-0.2, 0) is 25.5 Å². The fourth-order valence-electron chi connectivity index (χ4n) is 4.52. The summed E-state index contributed by atoms with van der Waals surface area (Å²) in [6, 6.07) is 9.80. The van der Waals surface area contributed by atoms with Crippen molar-refractivity contribution in [3.05, 3.63) is 51.7 Å². The maximum Gasteiger partial charge on any atom is 0.249 e. The predicted octanol–water partition coefficient (Wildman–Crippen LogP) is 3.22. The molecule has 33 heavy (non-hydrogen) atoms. The van der Waals surface area contributed by atoms with Crippen LogP contribution in [0.5, 0.6) is 5.75 Å². The van der Waals surface area contributed by atoms with E-state index in [2.05, 4.69) is 11.4 Å². The van der Waals surface area contributed by atoms with Gasteiger partial charge in [0.1, 0.15) is 19.0 Å². The summed E-state index contributed by atoms with van der Waals surface area (Å²) in [5.41, 5.74) is 2.20. The summed E-state index contributed by atoms with van der Waals surface area (Å²) in [6.07, 6.45) is 2.68. The topological polar surface area (TPSA) is 68.3 Å². The summed E-state index contributed by atoms with van der Waals surface area (Å²) in [5, 5.41) is 2.07. The van der Waals surface area contributed by atoms with Crippen molar-refractivity contribution in [3.63, 3.8) is 0 Å². The molecule has 2 atom stereocenters. The number of ether oxygens (including phenoxy) is 3. The smallest absolute Gasteiger partial charge is 0.249 e. The van der Waals surface area contributed by atoms with Gasteiger partial charge in [0.2, 0.25) is 11.8 Å². The summed E-state index contributed by atoms with van der Waals surface area (Å²) in [6.45, 7) is 4.08. The molecule has 2 aliphatic heterocycles. The van der Waals surface area contributed by atoms with E-state index in [1.807, 2.05) is 36.1 Å². The Morgan fingerprint density at radius 3 is 2.88 bits per heavy atom. The van der Waals surface area contributed by atoms with E-state index in [4.69, 9.17) is 14.2 Å². The molecule has 1 aromatic heterocycles. The zero-order valence-corrected chi connectivity index (χ0v) is 20.1. The monoisotopic (exact) mass is 472 g/mol. The average molecular weight is 473 g/mol. The maximum absolute atomic E-state index is 13.5. The molecule has 0 unspecified atom stereocenters. The number of nitrogens with zero attached hydrogens (tertiary/aromatic N) is 2. The molecule has 0 radical (unpaired) electrons. The predicted molar refractivity (Wildman–Crippen MR) is 127 cm³/mol. The molecule has 1 aromatic carbocycles. The Labute approximate surface area is 199 Å². The van der Waals surface area contributed by atoms with Crippen molar-refractivity contribution in [1.82, 2.24) is 9.80 Å². The van der Waals surface area contributed by atoms with Gasteiger partial charge in [-0.25, -0.2) is 0 Å². The first-order chi connectivity index (χ1) is 16.1. The van der Waals surface area contributed by atoms with E-state index in [9.17, 15) is 9.59 Å². The van der Waals surface area contributed by atoms with Crippen LogP contribution in [0.25, 0.3) is 0 Å². The zero-order valence-electron chi connectivity index (χ0n) is 19.3. The lowest BCUT2D eigenvalue weighted by atomic mass is 10.00. The Bertz CT molecular complexity index is 956. The minimum absolute atomic E-state index is 0.0163. The highest BCUT2D eigenvalue weighted by Crippen LogP contribution is 2.34. The summed E-state index contributed by atoms with van der Waals surface area (Å²) in [4.78, 5) is 31.0. The lowest BCUT2D eigenvalue weighted by molar-refractivity contribution is -0.145. The van der Waals surface area contributed by atoms with E-state index >= 15 is 0 Å². The average Bonchev–Trinajstić information content (AvgIpc) is 3.50. The molecular formula is C25H32N2O5S. The van der Waals surface area contributed by atoms with Crippen molar-refractivity contribution in [1.29, 1.82) is 0 Å². The van der Waals surface area contributed by atoms with Crippen molar-refractivity contribution < 1.29 is 23.8 Å². The van der Waals surface area contributed by atoms with Crippen LogP contribution in [0.3, 0.4) is 0 Å². The number of aryl methyl sites for hydroxylation is 1. The standard InChI is InChI=1S/C25H32N2O5S/c1-18-6-3-4-8-22(18)32-16-21-20-10-13-33-23(20)9-11-27(21)24(28)15-26(25(29)17-30-2)14-19-7-5-12-31-19/h3-4,6,8,10,13,19,21H,5,7,9,11-12,14-17H2,1-2H3/t19-,21+/m0/s1. The molecule has 1 saturated heterocycles. The molecule has 0 saturated carbocycles. The van der Waals surface area contributed by atoms with Crippen molar-refractivity contribution in [2.24, 2.45) is 0 Å². The number of carbonyl (C=O) groups is 2. The molecule has 2 aliphatic rings. The number of rotatable bonds is 9. The first kappa shape index (κ1) is 23.7. The normalized spacial score (nSPS) is 19.9. The van der Waals surface area contributed by atoms with Crippen molar-refractivity contribution in [2.75, 3.05) is 46.6 Å². The molecule has 0 aliphatic carbocycles. The maximum atomic E-state index is 13.5. The number of amides is 2. The Morgan fingerprint density at radius 2 is 2.12 bits per heavy atom. The van der Waals surface area contributed by atoms with Crippen LogP contribution < -0.4 is 4.74 Å². The van der Waals surface area contributed by atoms with Gasteiger partial charge in [-0.3, -0.25) is 9.59 Å². The number of hydrogen-bond acceptors (Lipinski definition) is 6. The molecule has 4 rings (SSSR count). The van der Waals surface area contributed by atoms with Crippen molar-refractivity contribution >= 4 is 23.2 Å². The lowest BCUT2D eigenvalue weighted by Gasteiger charge is -2.37. The number of carbonyl (C=O) groups excluding carboxylic acids is 2. The van der Waals surface area contributed by atoms with Gasteiger partial charge in [0.25, 0.3) is 0 Å². The Balaban J connectivity index is 1.49. The Kier molecular flexibility index (Phi) is 8.01. The fourth-order valence-corrected chi connectivity index (χ4v) is 5.45. The third-order valence-electron chi connectivity index (χ3n) is 6.30. The summed E-state index contributed by atoms with van der Waals surface area (Å²) in [5.74, 6) is 0.553. The highest BCUT2D eigenvalue weighted by Gasteiger charge is 2.34. The highest BCUT2D eigenvalue weighted by atomic mass is 32.1. The number of hydrogen-bond donors (Lipinski definition) is 0. The first-order valence-corrected chi connectivity index (χ1v) is 12.4. The zero-order chi connectivity index (χ0) is 23.2. The molecular weight excluding hydrogens is 440 g/mol. The second-order valence-corrected chi connectivity index (χ2v) is 9.57. The van der Waals surface area contributed by atoms with Crippen LogP contribution in [0.15, 0.2) is 35.7 Å². The Morgan fingerprint density at radius 1 is 1.27 bits per heavy atom. The molecule has 1 fully saturated rings. The first-order valence-electron chi connectivity index (χ1n) is 11.5. The van der Waals surface area contributed by atoms with Crippen LogP contribution in [0.2, 0.25) is 0 Å². The van der Waals surface area contributed by atoms with Gasteiger partial charge >= 0.3 is 0 Å². The van der Waals surface area contributed by atoms with Gasteiger partial charge in [0, 0.05) is 31.7 Å². The van der Waals surface area contributed by atoms with E-state index in [-0.39, 0.29) is 37.1 Å². The van der Waals surface area contributed by atoms with Gasteiger partial charge in [-0.05, 0) is 54.8 Å². The van der Waals surface area contributed by atoms with Crippen LogP contribution in [0, 0.1) is 6.92 Å². The van der Waals surface area contributed by atoms with Gasteiger partial charge in [-0.15, -0.1) is 11.3 Å². The molecule has 2 aromatic rings. The molecule has 0 N–H and O–H groups in total. The van der Waals surface area contributed by atoms with E-state index in [0.717, 1.165) is 36.1 Å². The minimum atomic E-state index is -0.192. The minimum Gasteiger partial charge on any atom is -0.491 e. The van der Waals surface area contributed by atoms with Gasteiger partial charge in [-0.2, -0.15) is 0 Å². The number of methoxy groups -OCH3 is 1. The van der Waals surface area contributed by atoms with Gasteiger partial charge in [0.05, 0.1) is 18.7 Å². The summed E-state index contributed by atoms with van der Waals surface area (Å²) >= 11 is 1.72. The molecule has 0 spiro atoms. The summed E-state index contributed by atoms with van der Waals surface area (Å²) < 4.78 is 16.9. The van der Waals surface area contributed by atoms with E-state index < -0.39 is 0 Å². The molecule has 3 heterocycles. The van der Waals surface area contributed by atoms with Crippen LogP contribution in [-0.4, -0.2) is 74.3 Å². The fraction of sp³-hybridized carbons (Fsp3) is 0.520. The molecule has 2 amide bonds. The van der Waals surface area contributed by atoms with E-state index in [1.54, 1.807) is 16.2 Å². The molecule has 8 heteroatoms. The number of para-hydroxylation sites is 1. The van der Waals surface area contributed by atoms with Gasteiger partial charge < -0.3 is 24.0 Å². The van der Waals surface area contributed by atoms with Crippen LogP contribution in [0.1, 0.15) is 34.9 Å². The van der Waals surface area contributed by atoms with Gasteiger partial charge in [-0.1, -0.05) is 18.2 Å². The Hall–Kier alpha value is -2.42. The van der Waals surface area contributed by atoms with Crippen LogP contribution >= 0.6 is 11.3 Å². The van der Waals surface area contributed by atoms with Crippen molar-refractivity contribution in [3.8, 4) is 5.75 Å². The van der Waals surface area contributed by atoms with E-state index in [1.165, 1.54) is 12.0 Å². The van der Waals surface area contributed by atoms with Gasteiger partial charge in [0.15, 0.2) is 0 Å². The molecule has 178 valence electrons. The highest BCUT2D eigenvalue weighted by molar-refractivity contribution is 7.10. The number of thiophene rings is 1. The second kappa shape index (κ2) is 11.1. The number of benzene rings is 1.